The zero-order valence-electron chi connectivity index (χ0n) is 11.3. The van der Waals surface area contributed by atoms with Crippen LogP contribution in [0.3, 0.4) is 0 Å². The van der Waals surface area contributed by atoms with Crippen LogP contribution in [-0.2, 0) is 4.74 Å². The molecule has 0 saturated carbocycles. The maximum absolute atomic E-state index is 9.20. The van der Waals surface area contributed by atoms with Crippen LogP contribution >= 0.6 is 0 Å². The molecule has 0 aliphatic carbocycles. The van der Waals surface area contributed by atoms with Crippen LogP contribution in [0.15, 0.2) is 6.33 Å². The first-order valence-corrected chi connectivity index (χ1v) is 6.73. The number of anilines is 2. The summed E-state index contributed by atoms with van der Waals surface area (Å²) in [6, 6.07) is 0. The number of aliphatic hydroxyl groups is 1. The number of fused-ring (bicyclic) bond motifs is 1. The molecule has 20 heavy (non-hydrogen) atoms. The van der Waals surface area contributed by atoms with E-state index in [0.29, 0.717) is 22.9 Å². The van der Waals surface area contributed by atoms with Gasteiger partial charge in [0.15, 0.2) is 17.0 Å². The van der Waals surface area contributed by atoms with Gasteiger partial charge in [-0.05, 0) is 19.8 Å². The number of nitrogen functional groups attached to an aromatic ring is 1. The first-order valence-electron chi connectivity index (χ1n) is 6.73. The van der Waals surface area contributed by atoms with Gasteiger partial charge >= 0.3 is 0 Å². The summed E-state index contributed by atoms with van der Waals surface area (Å²) in [6.45, 7) is 2.74. The van der Waals surface area contributed by atoms with Crippen molar-refractivity contribution in [3.63, 3.8) is 0 Å². The molecule has 0 bridgehead atoms. The second kappa shape index (κ2) is 5.22. The predicted octanol–water partition coefficient (Wildman–Crippen LogP) is 0.510. The average molecular weight is 278 g/mol. The van der Waals surface area contributed by atoms with Gasteiger partial charge < -0.3 is 20.9 Å². The van der Waals surface area contributed by atoms with Crippen molar-refractivity contribution in [2.45, 2.75) is 32.1 Å². The number of hydrogen-bond acceptors (Lipinski definition) is 7. The van der Waals surface area contributed by atoms with E-state index < -0.39 is 0 Å². The van der Waals surface area contributed by atoms with E-state index in [1.165, 1.54) is 6.33 Å². The van der Waals surface area contributed by atoms with E-state index in [4.69, 9.17) is 10.5 Å². The van der Waals surface area contributed by atoms with E-state index >= 15 is 0 Å². The minimum absolute atomic E-state index is 0.0246. The van der Waals surface area contributed by atoms with Gasteiger partial charge in [-0.1, -0.05) is 0 Å². The van der Waals surface area contributed by atoms with Crippen molar-refractivity contribution >= 4 is 22.9 Å². The van der Waals surface area contributed by atoms with E-state index in [-0.39, 0.29) is 18.9 Å². The number of hydrogen-bond donors (Lipinski definition) is 3. The summed E-state index contributed by atoms with van der Waals surface area (Å²) < 4.78 is 7.72. The van der Waals surface area contributed by atoms with Crippen molar-refractivity contribution in [2.75, 3.05) is 24.2 Å². The normalized spacial score (nSPS) is 22.5. The Kier molecular flexibility index (Phi) is 3.41. The van der Waals surface area contributed by atoms with Crippen LogP contribution in [0.1, 0.15) is 26.0 Å². The monoisotopic (exact) mass is 278 g/mol. The Morgan fingerprint density at radius 3 is 3.05 bits per heavy atom. The molecule has 2 aromatic heterocycles. The zero-order chi connectivity index (χ0) is 14.1. The Morgan fingerprint density at radius 1 is 1.50 bits per heavy atom. The Balaban J connectivity index is 2.07. The fraction of sp³-hybridized carbons (Fsp3) is 0.583. The molecule has 2 unspecified atom stereocenters. The highest BCUT2D eigenvalue weighted by atomic mass is 16.5. The van der Waals surface area contributed by atoms with Crippen LogP contribution in [0.2, 0.25) is 0 Å². The molecular formula is C12H18N6O2. The summed E-state index contributed by atoms with van der Waals surface area (Å²) in [4.78, 5) is 12.7. The third kappa shape index (κ3) is 2.06. The van der Waals surface area contributed by atoms with Crippen LogP contribution in [0.5, 0.6) is 0 Å². The molecule has 2 atom stereocenters. The number of rotatable bonds is 4. The van der Waals surface area contributed by atoms with Crippen molar-refractivity contribution in [1.29, 1.82) is 0 Å². The lowest BCUT2D eigenvalue weighted by Crippen LogP contribution is -2.16. The molecule has 1 saturated heterocycles. The smallest absolute Gasteiger partial charge is 0.207 e. The number of aromatic nitrogens is 4. The van der Waals surface area contributed by atoms with E-state index in [1.54, 1.807) is 0 Å². The Labute approximate surface area is 116 Å². The summed E-state index contributed by atoms with van der Waals surface area (Å²) in [5.74, 6) is 1.02. The lowest BCUT2D eigenvalue weighted by Gasteiger charge is -2.17. The van der Waals surface area contributed by atoms with Crippen LogP contribution in [0, 0.1) is 0 Å². The van der Waals surface area contributed by atoms with Crippen molar-refractivity contribution in [1.82, 2.24) is 19.5 Å². The highest BCUT2D eigenvalue weighted by Crippen LogP contribution is 2.34. The second-order valence-corrected chi connectivity index (χ2v) is 4.74. The number of nitrogens with one attached hydrogen (secondary N) is 1. The zero-order valence-corrected chi connectivity index (χ0v) is 11.3. The predicted molar refractivity (Wildman–Crippen MR) is 74.1 cm³/mol. The Bertz CT molecular complexity index is 613. The molecule has 4 N–H and O–H groups in total. The number of ether oxygens (including phenoxy) is 1. The quantitative estimate of drug-likeness (QED) is 0.747. The first kappa shape index (κ1) is 13.1. The van der Waals surface area contributed by atoms with E-state index in [1.807, 2.05) is 11.5 Å². The van der Waals surface area contributed by atoms with Crippen molar-refractivity contribution in [2.24, 2.45) is 0 Å². The lowest BCUT2D eigenvalue weighted by atomic mass is 10.2. The largest absolute Gasteiger partial charge is 0.394 e. The van der Waals surface area contributed by atoms with Crippen LogP contribution in [-0.4, -0.2) is 43.9 Å². The van der Waals surface area contributed by atoms with Crippen LogP contribution in [0.25, 0.3) is 11.2 Å². The van der Waals surface area contributed by atoms with E-state index in [9.17, 15) is 5.11 Å². The molecule has 0 radical (unpaired) electrons. The summed E-state index contributed by atoms with van der Waals surface area (Å²) in [5.41, 5.74) is 7.07. The van der Waals surface area contributed by atoms with Gasteiger partial charge in [0.25, 0.3) is 0 Å². The molecular weight excluding hydrogens is 260 g/mol. The van der Waals surface area contributed by atoms with Gasteiger partial charge in [0.2, 0.25) is 5.95 Å². The fourth-order valence-electron chi connectivity index (χ4n) is 2.49. The van der Waals surface area contributed by atoms with Gasteiger partial charge in [-0.3, -0.25) is 4.57 Å². The van der Waals surface area contributed by atoms with Gasteiger partial charge in [-0.15, -0.1) is 0 Å². The molecule has 8 heteroatoms. The molecule has 0 aromatic carbocycles. The van der Waals surface area contributed by atoms with Crippen molar-refractivity contribution in [3.05, 3.63) is 6.33 Å². The summed E-state index contributed by atoms with van der Waals surface area (Å²) in [6.07, 6.45) is 2.71. The van der Waals surface area contributed by atoms with Gasteiger partial charge in [0.1, 0.15) is 12.6 Å². The Hall–Kier alpha value is -1.93. The first-order chi connectivity index (χ1) is 9.74. The lowest BCUT2D eigenvalue weighted by molar-refractivity contribution is -0.0197. The van der Waals surface area contributed by atoms with E-state index in [0.717, 1.165) is 19.4 Å². The molecule has 8 nitrogen and oxygen atoms in total. The molecule has 1 fully saturated rings. The summed E-state index contributed by atoms with van der Waals surface area (Å²) >= 11 is 0. The number of nitrogens with two attached hydrogens (primary N) is 1. The average Bonchev–Trinajstić information content (AvgIpc) is 3.03. The molecule has 108 valence electrons. The topological polar surface area (TPSA) is 111 Å². The van der Waals surface area contributed by atoms with E-state index in [2.05, 4.69) is 20.3 Å². The molecule has 0 spiro atoms. The van der Waals surface area contributed by atoms with Gasteiger partial charge in [0.05, 0.1) is 12.7 Å². The third-order valence-corrected chi connectivity index (χ3v) is 3.42. The fourth-order valence-corrected chi connectivity index (χ4v) is 2.49. The van der Waals surface area contributed by atoms with Crippen molar-refractivity contribution < 1.29 is 9.84 Å². The SMILES string of the molecule is CCNc1nc2c(N)ncnc2n1C1CCC(CO)O1. The summed E-state index contributed by atoms with van der Waals surface area (Å²) in [7, 11) is 0. The number of aliphatic hydroxyl groups excluding tert-OH is 1. The van der Waals surface area contributed by atoms with Gasteiger partial charge in [-0.25, -0.2) is 15.0 Å². The molecule has 1 aliphatic rings. The van der Waals surface area contributed by atoms with Crippen molar-refractivity contribution in [3.8, 4) is 0 Å². The number of nitrogens with zero attached hydrogens (tertiary/aromatic N) is 4. The summed E-state index contributed by atoms with van der Waals surface area (Å²) in [5, 5.41) is 12.4. The molecule has 2 aromatic rings. The number of imidazole rings is 1. The standard InChI is InChI=1S/C12H18N6O2/c1-2-14-12-17-9-10(13)15-6-16-11(9)18(12)8-4-3-7(5-19)20-8/h6-8,19H,2-5H2,1H3,(H,14,17)(H2,13,15,16). The van der Waals surface area contributed by atoms with Gasteiger partial charge in [0, 0.05) is 6.54 Å². The minimum Gasteiger partial charge on any atom is -0.394 e. The van der Waals surface area contributed by atoms with Gasteiger partial charge in [-0.2, -0.15) is 0 Å². The molecule has 1 aliphatic heterocycles. The van der Waals surface area contributed by atoms with Crippen LogP contribution < -0.4 is 11.1 Å². The Morgan fingerprint density at radius 2 is 2.35 bits per heavy atom. The maximum Gasteiger partial charge on any atom is 0.207 e. The molecule has 0 amide bonds. The highest BCUT2D eigenvalue weighted by Gasteiger charge is 2.30. The molecule has 3 rings (SSSR count). The maximum atomic E-state index is 9.20. The van der Waals surface area contributed by atoms with Crippen LogP contribution in [0.4, 0.5) is 11.8 Å². The second-order valence-electron chi connectivity index (χ2n) is 4.74. The molecule has 3 heterocycles. The third-order valence-electron chi connectivity index (χ3n) is 3.42. The minimum atomic E-state index is -0.194. The highest BCUT2D eigenvalue weighted by molar-refractivity contribution is 5.84.